The Hall–Kier alpha value is -1.86. The highest BCUT2D eigenvalue weighted by molar-refractivity contribution is 8.26. The molecule has 1 N–H and O–H groups in total. The number of aliphatic carboxylic acids is 1. The first kappa shape index (κ1) is 17.5. The van der Waals surface area contributed by atoms with Gasteiger partial charge in [0.2, 0.25) is 0 Å². The van der Waals surface area contributed by atoms with Crippen molar-refractivity contribution in [1.82, 2.24) is 4.90 Å². The van der Waals surface area contributed by atoms with E-state index in [0.717, 1.165) is 40.8 Å². The highest BCUT2D eigenvalue weighted by atomic mass is 32.2. The maximum absolute atomic E-state index is 12.2. The first-order valence-electron chi connectivity index (χ1n) is 7.21. The van der Waals surface area contributed by atoms with E-state index in [2.05, 4.69) is 6.92 Å². The van der Waals surface area contributed by atoms with E-state index in [-0.39, 0.29) is 10.2 Å². The van der Waals surface area contributed by atoms with Crippen molar-refractivity contribution < 1.29 is 19.4 Å². The summed E-state index contributed by atoms with van der Waals surface area (Å²) in [7, 11) is 0. The Labute approximate surface area is 144 Å². The number of benzene rings is 1. The van der Waals surface area contributed by atoms with Gasteiger partial charge in [-0.15, -0.1) is 0 Å². The Balaban J connectivity index is 2.05. The number of carbonyl (C=O) groups excluding carboxylic acids is 1. The van der Waals surface area contributed by atoms with Gasteiger partial charge in [0.25, 0.3) is 5.91 Å². The summed E-state index contributed by atoms with van der Waals surface area (Å²) in [5, 5.41) is 8.81. The third-order valence-electron chi connectivity index (χ3n) is 3.11. The minimum atomic E-state index is -1.09. The molecule has 1 aliphatic heterocycles. The number of carboxylic acids is 1. The van der Waals surface area contributed by atoms with Crippen LogP contribution in [0.3, 0.4) is 0 Å². The average Bonchev–Trinajstić information content (AvgIpc) is 2.76. The van der Waals surface area contributed by atoms with E-state index < -0.39 is 12.5 Å². The van der Waals surface area contributed by atoms with Crippen molar-refractivity contribution in [1.29, 1.82) is 0 Å². The molecule has 1 amide bonds. The van der Waals surface area contributed by atoms with Gasteiger partial charge >= 0.3 is 5.97 Å². The molecule has 0 aromatic heterocycles. The van der Waals surface area contributed by atoms with Crippen LogP contribution in [-0.4, -0.2) is 39.4 Å². The summed E-state index contributed by atoms with van der Waals surface area (Å²) < 4.78 is 5.85. The molecule has 0 bridgehead atoms. The van der Waals surface area contributed by atoms with Crippen molar-refractivity contribution >= 4 is 46.3 Å². The first-order valence-corrected chi connectivity index (χ1v) is 8.43. The molecule has 1 aliphatic rings. The number of unbranched alkanes of at least 4 members (excludes halogenated alkanes) is 1. The fourth-order valence-electron chi connectivity index (χ4n) is 1.92. The number of amides is 1. The standard InChI is InChI=1S/C16H17NO4S2/c1-2-3-8-21-12-6-4-11(5-7-12)9-13-15(20)17(10-14(18)19)16(22)23-13/h4-7,9H,2-3,8,10H2,1H3,(H,18,19). The van der Waals surface area contributed by atoms with Gasteiger partial charge in [0.15, 0.2) is 0 Å². The summed E-state index contributed by atoms with van der Waals surface area (Å²) in [4.78, 5) is 24.4. The second kappa shape index (κ2) is 8.12. The Kier molecular flexibility index (Phi) is 6.18. The van der Waals surface area contributed by atoms with Gasteiger partial charge in [-0.05, 0) is 30.2 Å². The van der Waals surface area contributed by atoms with E-state index in [0.29, 0.717) is 11.5 Å². The molecule has 0 atom stereocenters. The maximum Gasteiger partial charge on any atom is 0.323 e. The van der Waals surface area contributed by atoms with Crippen molar-refractivity contribution in [3.05, 3.63) is 34.7 Å². The number of carboxylic acid groups (broad SMARTS) is 1. The van der Waals surface area contributed by atoms with Crippen LogP contribution in [0.25, 0.3) is 6.08 Å². The lowest BCUT2D eigenvalue weighted by molar-refractivity contribution is -0.140. The predicted molar refractivity (Wildman–Crippen MR) is 94.4 cm³/mol. The summed E-state index contributed by atoms with van der Waals surface area (Å²) >= 11 is 6.17. The van der Waals surface area contributed by atoms with Crippen LogP contribution in [0, 0.1) is 0 Å². The largest absolute Gasteiger partial charge is 0.494 e. The van der Waals surface area contributed by atoms with Crippen molar-refractivity contribution in [2.24, 2.45) is 0 Å². The van der Waals surface area contributed by atoms with E-state index in [1.807, 2.05) is 24.3 Å². The molecule has 122 valence electrons. The number of thioether (sulfide) groups is 1. The molecule has 0 radical (unpaired) electrons. The van der Waals surface area contributed by atoms with E-state index in [9.17, 15) is 9.59 Å². The van der Waals surface area contributed by atoms with Crippen LogP contribution in [0.15, 0.2) is 29.2 Å². The van der Waals surface area contributed by atoms with Gasteiger partial charge in [0.1, 0.15) is 16.6 Å². The molecule has 23 heavy (non-hydrogen) atoms. The SMILES string of the molecule is CCCCOc1ccc(C=C2SC(=S)N(CC(=O)O)C2=O)cc1. The minimum Gasteiger partial charge on any atom is -0.494 e. The molecule has 0 aliphatic carbocycles. The summed E-state index contributed by atoms with van der Waals surface area (Å²) in [5.74, 6) is -0.671. The summed E-state index contributed by atoms with van der Waals surface area (Å²) in [6.45, 7) is 2.38. The highest BCUT2D eigenvalue weighted by Crippen LogP contribution is 2.32. The molecular formula is C16H17NO4S2. The van der Waals surface area contributed by atoms with E-state index >= 15 is 0 Å². The quantitative estimate of drug-likeness (QED) is 0.462. The second-order valence-electron chi connectivity index (χ2n) is 4.93. The molecule has 2 rings (SSSR count). The van der Waals surface area contributed by atoms with Crippen molar-refractivity contribution in [3.63, 3.8) is 0 Å². The monoisotopic (exact) mass is 351 g/mol. The van der Waals surface area contributed by atoms with E-state index in [4.69, 9.17) is 22.1 Å². The van der Waals surface area contributed by atoms with E-state index in [1.165, 1.54) is 0 Å². The molecule has 0 saturated carbocycles. The zero-order chi connectivity index (χ0) is 16.8. The second-order valence-corrected chi connectivity index (χ2v) is 6.61. The van der Waals surface area contributed by atoms with Gasteiger partial charge in [-0.3, -0.25) is 14.5 Å². The lowest BCUT2D eigenvalue weighted by Crippen LogP contribution is -2.33. The summed E-state index contributed by atoms with van der Waals surface area (Å²) in [6.07, 6.45) is 3.79. The molecule has 1 saturated heterocycles. The Morgan fingerprint density at radius 1 is 1.39 bits per heavy atom. The summed E-state index contributed by atoms with van der Waals surface area (Å²) in [6, 6.07) is 7.40. The van der Waals surface area contributed by atoms with Crippen LogP contribution < -0.4 is 4.74 Å². The lowest BCUT2D eigenvalue weighted by Gasteiger charge is -2.10. The van der Waals surface area contributed by atoms with Gasteiger partial charge in [-0.2, -0.15) is 0 Å². The maximum atomic E-state index is 12.2. The van der Waals surface area contributed by atoms with Gasteiger partial charge in [-0.1, -0.05) is 49.5 Å². The van der Waals surface area contributed by atoms with Gasteiger partial charge < -0.3 is 9.84 Å². The average molecular weight is 351 g/mol. The number of ether oxygens (including phenoxy) is 1. The number of nitrogens with zero attached hydrogens (tertiary/aromatic N) is 1. The minimum absolute atomic E-state index is 0.267. The molecule has 7 heteroatoms. The molecule has 1 heterocycles. The molecule has 1 aromatic carbocycles. The topological polar surface area (TPSA) is 66.8 Å². The molecule has 1 aromatic rings. The van der Waals surface area contributed by atoms with Gasteiger partial charge in [0.05, 0.1) is 11.5 Å². The third kappa shape index (κ3) is 4.80. The van der Waals surface area contributed by atoms with Crippen molar-refractivity contribution in [2.45, 2.75) is 19.8 Å². The lowest BCUT2D eigenvalue weighted by atomic mass is 10.2. The number of thiocarbonyl (C=S) groups is 1. The fraction of sp³-hybridized carbons (Fsp3) is 0.312. The van der Waals surface area contributed by atoms with Crippen LogP contribution >= 0.6 is 24.0 Å². The molecule has 5 nitrogen and oxygen atoms in total. The normalized spacial score (nSPS) is 16.2. The summed E-state index contributed by atoms with van der Waals surface area (Å²) in [5.41, 5.74) is 0.837. The van der Waals surface area contributed by atoms with Crippen LogP contribution in [0.5, 0.6) is 5.75 Å². The number of carbonyl (C=O) groups is 2. The van der Waals surface area contributed by atoms with Crippen LogP contribution in [0.4, 0.5) is 0 Å². The number of rotatable bonds is 7. The predicted octanol–water partition coefficient (Wildman–Crippen LogP) is 3.15. The number of hydrogen-bond donors (Lipinski definition) is 1. The third-order valence-corrected chi connectivity index (χ3v) is 4.49. The zero-order valence-corrected chi connectivity index (χ0v) is 14.3. The Morgan fingerprint density at radius 3 is 2.70 bits per heavy atom. The van der Waals surface area contributed by atoms with Crippen molar-refractivity contribution in [3.8, 4) is 5.75 Å². The molecule has 1 fully saturated rings. The van der Waals surface area contributed by atoms with Gasteiger partial charge in [-0.25, -0.2) is 0 Å². The van der Waals surface area contributed by atoms with Crippen molar-refractivity contribution in [2.75, 3.05) is 13.2 Å². The van der Waals surface area contributed by atoms with Crippen LogP contribution in [0.2, 0.25) is 0 Å². The first-order chi connectivity index (χ1) is 11.0. The van der Waals surface area contributed by atoms with E-state index in [1.54, 1.807) is 6.08 Å². The van der Waals surface area contributed by atoms with Gasteiger partial charge in [0, 0.05) is 0 Å². The Bertz CT molecular complexity index is 640. The highest BCUT2D eigenvalue weighted by Gasteiger charge is 2.33. The Morgan fingerprint density at radius 2 is 2.09 bits per heavy atom. The van der Waals surface area contributed by atoms with Crippen LogP contribution in [-0.2, 0) is 9.59 Å². The number of hydrogen-bond acceptors (Lipinski definition) is 5. The smallest absolute Gasteiger partial charge is 0.323 e. The molecule has 0 spiro atoms. The fourth-order valence-corrected chi connectivity index (χ4v) is 3.17. The zero-order valence-electron chi connectivity index (χ0n) is 12.7. The molecule has 0 unspecified atom stereocenters. The molecular weight excluding hydrogens is 334 g/mol. The van der Waals surface area contributed by atoms with Crippen LogP contribution in [0.1, 0.15) is 25.3 Å².